The molecule has 1 unspecified atom stereocenters. The second kappa shape index (κ2) is 10.0. The van der Waals surface area contributed by atoms with E-state index in [-0.39, 0.29) is 31.3 Å². The Morgan fingerprint density at radius 3 is 2.03 bits per heavy atom. The standard InChI is InChI=1S/C28H28N2O5/c1-3-28(2,26(32)33)30-25(31)16-18-12-14-19(15-13-18)29-27(34)35-17-24-22-10-6-4-8-20(22)21-9-5-7-11-23(21)24/h4-15,24H,3,16-17H2,1-2H3,(H,29,34)(H,30,31)(H,32,33). The van der Waals surface area contributed by atoms with Crippen molar-refractivity contribution in [3.05, 3.63) is 89.5 Å². The molecule has 1 aliphatic rings. The van der Waals surface area contributed by atoms with E-state index in [0.29, 0.717) is 11.3 Å². The molecule has 0 radical (unpaired) electrons. The minimum absolute atomic E-state index is 0.0198. The minimum atomic E-state index is -1.30. The molecule has 0 heterocycles. The summed E-state index contributed by atoms with van der Waals surface area (Å²) in [7, 11) is 0. The van der Waals surface area contributed by atoms with Crippen molar-refractivity contribution in [2.75, 3.05) is 11.9 Å². The topological polar surface area (TPSA) is 105 Å². The predicted octanol–water partition coefficient (Wildman–Crippen LogP) is 4.96. The van der Waals surface area contributed by atoms with Gasteiger partial charge in [-0.25, -0.2) is 9.59 Å². The number of hydrogen-bond donors (Lipinski definition) is 3. The molecule has 7 nitrogen and oxygen atoms in total. The van der Waals surface area contributed by atoms with Crippen molar-refractivity contribution in [3.63, 3.8) is 0 Å². The maximum Gasteiger partial charge on any atom is 0.411 e. The van der Waals surface area contributed by atoms with Crippen LogP contribution in [-0.4, -0.2) is 35.2 Å². The number of amides is 2. The lowest BCUT2D eigenvalue weighted by molar-refractivity contribution is -0.146. The Labute approximate surface area is 204 Å². The molecule has 2 amide bonds. The fraction of sp³-hybridized carbons (Fsp3) is 0.250. The number of aliphatic carboxylic acids is 1. The van der Waals surface area contributed by atoms with Gasteiger partial charge in [-0.15, -0.1) is 0 Å². The van der Waals surface area contributed by atoms with Gasteiger partial charge in [-0.3, -0.25) is 10.1 Å². The molecular weight excluding hydrogens is 444 g/mol. The quantitative estimate of drug-likeness (QED) is 0.430. The second-order valence-corrected chi connectivity index (χ2v) is 8.86. The summed E-state index contributed by atoms with van der Waals surface area (Å²) in [4.78, 5) is 36.1. The van der Waals surface area contributed by atoms with Gasteiger partial charge in [-0.2, -0.15) is 0 Å². The molecule has 0 saturated carbocycles. The molecule has 7 heteroatoms. The SMILES string of the molecule is CCC(C)(NC(=O)Cc1ccc(NC(=O)OCC2c3ccccc3-c3ccccc32)cc1)C(=O)O. The van der Waals surface area contributed by atoms with Crippen molar-refractivity contribution in [2.45, 2.75) is 38.1 Å². The van der Waals surface area contributed by atoms with Crippen molar-refractivity contribution in [3.8, 4) is 11.1 Å². The molecule has 1 aliphatic carbocycles. The average molecular weight is 473 g/mol. The van der Waals surface area contributed by atoms with E-state index < -0.39 is 17.6 Å². The van der Waals surface area contributed by atoms with Gasteiger partial charge in [0.05, 0.1) is 6.42 Å². The van der Waals surface area contributed by atoms with Crippen LogP contribution >= 0.6 is 0 Å². The summed E-state index contributed by atoms with van der Waals surface area (Å²) >= 11 is 0. The Morgan fingerprint density at radius 1 is 0.914 bits per heavy atom. The van der Waals surface area contributed by atoms with Gasteiger partial charge in [0.2, 0.25) is 5.91 Å². The van der Waals surface area contributed by atoms with Crippen LogP contribution in [-0.2, 0) is 20.7 Å². The van der Waals surface area contributed by atoms with E-state index in [1.165, 1.54) is 18.1 Å². The van der Waals surface area contributed by atoms with Gasteiger partial charge >= 0.3 is 12.1 Å². The molecule has 0 aliphatic heterocycles. The number of ether oxygens (including phenoxy) is 1. The first-order chi connectivity index (χ1) is 16.8. The first-order valence-corrected chi connectivity index (χ1v) is 11.6. The zero-order valence-electron chi connectivity index (χ0n) is 19.7. The third-order valence-corrected chi connectivity index (χ3v) is 6.50. The molecule has 4 rings (SSSR count). The lowest BCUT2D eigenvalue weighted by atomic mass is 9.98. The van der Waals surface area contributed by atoms with Gasteiger partial charge in [0.15, 0.2) is 0 Å². The predicted molar refractivity (Wildman–Crippen MR) is 133 cm³/mol. The van der Waals surface area contributed by atoms with Gasteiger partial charge in [-0.05, 0) is 53.3 Å². The molecule has 3 N–H and O–H groups in total. The Hall–Kier alpha value is -4.13. The summed E-state index contributed by atoms with van der Waals surface area (Å²) in [6, 6.07) is 23.1. The largest absolute Gasteiger partial charge is 0.480 e. The zero-order valence-corrected chi connectivity index (χ0v) is 19.7. The van der Waals surface area contributed by atoms with Crippen molar-refractivity contribution >= 4 is 23.7 Å². The van der Waals surface area contributed by atoms with Crippen molar-refractivity contribution in [2.24, 2.45) is 0 Å². The zero-order chi connectivity index (χ0) is 25.0. The highest BCUT2D eigenvalue weighted by atomic mass is 16.5. The molecule has 35 heavy (non-hydrogen) atoms. The Bertz CT molecular complexity index is 1210. The Morgan fingerprint density at radius 2 is 1.49 bits per heavy atom. The molecule has 0 fully saturated rings. The summed E-state index contributed by atoms with van der Waals surface area (Å²) in [6.07, 6.45) is -0.247. The molecular formula is C28H28N2O5. The van der Waals surface area contributed by atoms with E-state index in [9.17, 15) is 19.5 Å². The van der Waals surface area contributed by atoms with Crippen LogP contribution in [0.1, 0.15) is 42.9 Å². The number of nitrogens with one attached hydrogen (secondary N) is 2. The minimum Gasteiger partial charge on any atom is -0.480 e. The number of benzene rings is 3. The molecule has 3 aromatic carbocycles. The number of hydrogen-bond acceptors (Lipinski definition) is 4. The van der Waals surface area contributed by atoms with Gasteiger partial charge in [0, 0.05) is 11.6 Å². The second-order valence-electron chi connectivity index (χ2n) is 8.86. The molecule has 0 spiro atoms. The average Bonchev–Trinajstić information content (AvgIpc) is 3.17. The molecule has 0 aromatic heterocycles. The van der Waals surface area contributed by atoms with Crippen LogP contribution in [0.4, 0.5) is 10.5 Å². The highest BCUT2D eigenvalue weighted by molar-refractivity contribution is 5.88. The first-order valence-electron chi connectivity index (χ1n) is 11.6. The van der Waals surface area contributed by atoms with Crippen molar-refractivity contribution in [1.29, 1.82) is 0 Å². The molecule has 0 saturated heterocycles. The van der Waals surface area contributed by atoms with Crippen molar-refractivity contribution < 1.29 is 24.2 Å². The summed E-state index contributed by atoms with van der Waals surface area (Å²) in [5, 5.41) is 14.6. The van der Waals surface area contributed by atoms with Crippen LogP contribution in [0.25, 0.3) is 11.1 Å². The monoisotopic (exact) mass is 472 g/mol. The van der Waals surface area contributed by atoms with Gasteiger partial charge in [-0.1, -0.05) is 67.6 Å². The number of carbonyl (C=O) groups excluding carboxylic acids is 2. The fourth-order valence-electron chi connectivity index (χ4n) is 4.29. The normalized spacial score (nSPS) is 13.8. The number of carboxylic acids is 1. The van der Waals surface area contributed by atoms with Crippen molar-refractivity contribution in [1.82, 2.24) is 5.32 Å². The Balaban J connectivity index is 1.33. The van der Waals surface area contributed by atoms with Gasteiger partial charge < -0.3 is 15.2 Å². The van der Waals surface area contributed by atoms with E-state index in [1.54, 1.807) is 31.2 Å². The molecule has 0 bridgehead atoms. The highest BCUT2D eigenvalue weighted by Crippen LogP contribution is 2.44. The van der Waals surface area contributed by atoms with Crippen LogP contribution in [0.2, 0.25) is 0 Å². The fourth-order valence-corrected chi connectivity index (χ4v) is 4.29. The van der Waals surface area contributed by atoms with E-state index in [0.717, 1.165) is 11.1 Å². The van der Waals surface area contributed by atoms with Crippen LogP contribution < -0.4 is 10.6 Å². The van der Waals surface area contributed by atoms with Crippen LogP contribution in [0.5, 0.6) is 0 Å². The summed E-state index contributed by atoms with van der Waals surface area (Å²) < 4.78 is 5.56. The summed E-state index contributed by atoms with van der Waals surface area (Å²) in [5.41, 5.74) is 4.55. The van der Waals surface area contributed by atoms with E-state index in [4.69, 9.17) is 4.74 Å². The van der Waals surface area contributed by atoms with Gasteiger partial charge in [0.1, 0.15) is 12.1 Å². The first kappa shape index (κ1) is 24.0. The number of anilines is 1. The lowest BCUT2D eigenvalue weighted by Crippen LogP contribution is -2.52. The van der Waals surface area contributed by atoms with Crippen LogP contribution in [0.3, 0.4) is 0 Å². The third kappa shape index (κ3) is 5.19. The number of carboxylic acid groups (broad SMARTS) is 1. The summed E-state index contributed by atoms with van der Waals surface area (Å²) in [6.45, 7) is 3.41. The molecule has 1 atom stereocenters. The van der Waals surface area contributed by atoms with E-state index in [2.05, 4.69) is 34.9 Å². The summed E-state index contributed by atoms with van der Waals surface area (Å²) in [5.74, 6) is -1.47. The maximum absolute atomic E-state index is 12.5. The molecule has 180 valence electrons. The molecule has 3 aromatic rings. The lowest BCUT2D eigenvalue weighted by Gasteiger charge is -2.24. The van der Waals surface area contributed by atoms with Crippen LogP contribution in [0, 0.1) is 0 Å². The number of carbonyl (C=O) groups is 3. The van der Waals surface area contributed by atoms with E-state index in [1.807, 2.05) is 24.3 Å². The Kier molecular flexibility index (Phi) is 6.87. The number of fused-ring (bicyclic) bond motifs is 3. The smallest absolute Gasteiger partial charge is 0.411 e. The highest BCUT2D eigenvalue weighted by Gasteiger charge is 2.32. The number of rotatable bonds is 8. The van der Waals surface area contributed by atoms with Crippen LogP contribution in [0.15, 0.2) is 72.8 Å². The maximum atomic E-state index is 12.5. The third-order valence-electron chi connectivity index (χ3n) is 6.50. The van der Waals surface area contributed by atoms with E-state index >= 15 is 0 Å². The van der Waals surface area contributed by atoms with Gasteiger partial charge in [0.25, 0.3) is 0 Å².